The van der Waals surface area contributed by atoms with Crippen molar-refractivity contribution in [2.75, 3.05) is 9.80 Å². The highest BCUT2D eigenvalue weighted by Gasteiger charge is 2.27. The summed E-state index contributed by atoms with van der Waals surface area (Å²) in [5.74, 6) is 0. The van der Waals surface area contributed by atoms with Gasteiger partial charge in [0, 0.05) is 34.1 Å². The maximum Gasteiger partial charge on any atom is 0.0803 e. The molecule has 0 heterocycles. The Hall–Kier alpha value is -6.21. The van der Waals surface area contributed by atoms with E-state index in [0.29, 0.717) is 0 Å². The van der Waals surface area contributed by atoms with Crippen LogP contribution in [-0.4, -0.2) is 16.1 Å². The van der Waals surface area contributed by atoms with Crippen LogP contribution in [-0.2, 0) is 0 Å². The molecule has 0 spiro atoms. The molecule has 8 aromatic rings. The molecular formula is C56H56N2Si2. The summed E-state index contributed by atoms with van der Waals surface area (Å²) in [7, 11) is -3.40. The molecule has 0 aliphatic carbocycles. The van der Waals surface area contributed by atoms with Crippen molar-refractivity contribution in [1.82, 2.24) is 0 Å². The fraction of sp³-hybridized carbons (Fsp3) is 0.143. The third-order valence-corrected chi connectivity index (χ3v) is 15.7. The van der Waals surface area contributed by atoms with Gasteiger partial charge in [0.25, 0.3) is 0 Å². The highest BCUT2D eigenvalue weighted by Crippen LogP contribution is 2.42. The van der Waals surface area contributed by atoms with Gasteiger partial charge in [-0.3, -0.25) is 0 Å². The molecule has 8 aromatic carbocycles. The molecule has 0 aliphatic heterocycles. The smallest absolute Gasteiger partial charge is 0.0803 e. The quantitative estimate of drug-likeness (QED) is 0.120. The van der Waals surface area contributed by atoms with Gasteiger partial charge in [-0.2, -0.15) is 0 Å². The zero-order valence-corrected chi connectivity index (χ0v) is 38.4. The van der Waals surface area contributed by atoms with Crippen molar-refractivity contribution in [2.45, 2.75) is 53.1 Å². The molecule has 0 bridgehead atoms. The van der Waals surface area contributed by atoms with Crippen molar-refractivity contribution in [3.63, 3.8) is 0 Å². The number of para-hydroxylation sites is 2. The number of rotatable bonds is 11. The average Bonchev–Trinajstić information content (AvgIpc) is 3.26. The Labute approximate surface area is 360 Å². The Morgan fingerprint density at radius 2 is 0.583 bits per heavy atom. The molecule has 0 aromatic heterocycles. The van der Waals surface area contributed by atoms with Gasteiger partial charge >= 0.3 is 0 Å². The molecule has 8 rings (SSSR count). The first kappa shape index (κ1) is 40.6. The molecule has 0 aliphatic rings. The van der Waals surface area contributed by atoms with Crippen LogP contribution in [0, 0.1) is 13.8 Å². The first-order valence-corrected chi connectivity index (χ1v) is 28.2. The number of nitrogens with zero attached hydrogens (tertiary/aromatic N) is 2. The van der Waals surface area contributed by atoms with Crippen molar-refractivity contribution in [2.24, 2.45) is 0 Å². The van der Waals surface area contributed by atoms with Crippen molar-refractivity contribution in [1.29, 1.82) is 0 Å². The van der Waals surface area contributed by atoms with Gasteiger partial charge in [-0.25, -0.2) is 0 Å². The fourth-order valence-corrected chi connectivity index (χ4v) is 11.6. The molecule has 0 radical (unpaired) electrons. The third kappa shape index (κ3) is 8.44. The summed E-state index contributed by atoms with van der Waals surface area (Å²) in [5, 5.41) is 2.89. The maximum absolute atomic E-state index is 2.48. The largest absolute Gasteiger partial charge is 0.310 e. The van der Waals surface area contributed by atoms with E-state index in [2.05, 4.69) is 257 Å². The van der Waals surface area contributed by atoms with Crippen LogP contribution in [0.5, 0.6) is 0 Å². The topological polar surface area (TPSA) is 6.48 Å². The monoisotopic (exact) mass is 812 g/mol. The summed E-state index contributed by atoms with van der Waals surface area (Å²) in [6, 6.07) is 71.4. The minimum Gasteiger partial charge on any atom is -0.310 e. The van der Waals surface area contributed by atoms with Crippen molar-refractivity contribution in [3.8, 4) is 33.4 Å². The first-order valence-electron chi connectivity index (χ1n) is 21.2. The van der Waals surface area contributed by atoms with Gasteiger partial charge in [-0.05, 0) is 129 Å². The Morgan fingerprint density at radius 3 is 0.917 bits per heavy atom. The molecule has 0 saturated heterocycles. The molecule has 0 atom stereocenters. The van der Waals surface area contributed by atoms with Crippen LogP contribution in [0.4, 0.5) is 34.1 Å². The van der Waals surface area contributed by atoms with Crippen LogP contribution in [0.2, 0.25) is 39.3 Å². The maximum atomic E-state index is 2.48. The number of hydrogen-bond acceptors (Lipinski definition) is 2. The van der Waals surface area contributed by atoms with E-state index >= 15 is 0 Å². The molecule has 0 fully saturated rings. The summed E-state index contributed by atoms with van der Waals surface area (Å²) in [5.41, 5.74) is 17.0. The van der Waals surface area contributed by atoms with Crippen molar-refractivity contribution < 1.29 is 0 Å². The highest BCUT2D eigenvalue weighted by molar-refractivity contribution is 6.90. The van der Waals surface area contributed by atoms with E-state index in [-0.39, 0.29) is 0 Å². The molecule has 60 heavy (non-hydrogen) atoms. The van der Waals surface area contributed by atoms with Crippen LogP contribution in [0.3, 0.4) is 0 Å². The average molecular weight is 813 g/mol. The van der Waals surface area contributed by atoms with Gasteiger partial charge in [0.15, 0.2) is 0 Å². The molecule has 0 saturated carbocycles. The molecule has 4 heteroatoms. The molecule has 0 amide bonds. The van der Waals surface area contributed by atoms with Crippen LogP contribution in [0.1, 0.15) is 11.1 Å². The number of aryl methyl sites for hydroxylation is 2. The Bertz CT molecular complexity index is 2530. The van der Waals surface area contributed by atoms with E-state index in [4.69, 9.17) is 0 Å². The first-order chi connectivity index (χ1) is 28.9. The van der Waals surface area contributed by atoms with Gasteiger partial charge in [-0.15, -0.1) is 0 Å². The second kappa shape index (κ2) is 16.8. The second-order valence-corrected chi connectivity index (χ2v) is 28.1. The van der Waals surface area contributed by atoms with E-state index in [1.807, 2.05) is 0 Å². The Morgan fingerprint density at radius 1 is 0.283 bits per heavy atom. The van der Waals surface area contributed by atoms with Gasteiger partial charge < -0.3 is 9.80 Å². The zero-order chi connectivity index (χ0) is 42.0. The lowest BCUT2D eigenvalue weighted by Crippen LogP contribution is -2.40. The van der Waals surface area contributed by atoms with E-state index < -0.39 is 16.1 Å². The predicted molar refractivity (Wildman–Crippen MR) is 268 cm³/mol. The number of hydrogen-bond donors (Lipinski definition) is 0. The highest BCUT2D eigenvalue weighted by atomic mass is 28.3. The minimum atomic E-state index is -1.70. The van der Waals surface area contributed by atoms with E-state index in [0.717, 1.165) is 11.4 Å². The van der Waals surface area contributed by atoms with Gasteiger partial charge in [0.1, 0.15) is 0 Å². The molecular weight excluding hydrogens is 757 g/mol. The van der Waals surface area contributed by atoms with Crippen LogP contribution < -0.4 is 20.2 Å². The van der Waals surface area contributed by atoms with Gasteiger partial charge in [0.2, 0.25) is 0 Å². The third-order valence-electron chi connectivity index (χ3n) is 11.6. The van der Waals surface area contributed by atoms with Crippen LogP contribution >= 0.6 is 0 Å². The van der Waals surface area contributed by atoms with Gasteiger partial charge in [0.05, 0.1) is 16.1 Å². The Kier molecular flexibility index (Phi) is 11.4. The van der Waals surface area contributed by atoms with Crippen molar-refractivity contribution in [3.05, 3.63) is 205 Å². The summed E-state index contributed by atoms with van der Waals surface area (Å²) in [4.78, 5) is 4.96. The summed E-state index contributed by atoms with van der Waals surface area (Å²) >= 11 is 0. The summed E-state index contributed by atoms with van der Waals surface area (Å²) in [6.07, 6.45) is 0. The van der Waals surface area contributed by atoms with E-state index in [9.17, 15) is 0 Å². The standard InChI is InChI=1S/C56H56N2Si2/c1-41-39-47(31-37-51(41)57(53-23-15-17-25-55(53)59(3,4)5)49-33-27-45(28-34-49)43-19-11-9-12-20-43)48-32-38-52(42(2)40-48)58(54-24-16-18-26-56(54)60(6,7)8)50-35-29-46(30-36-50)44-21-13-10-14-22-44/h9-40H,1-8H3. The number of benzene rings is 8. The van der Waals surface area contributed by atoms with Crippen LogP contribution in [0.25, 0.3) is 33.4 Å². The van der Waals surface area contributed by atoms with Gasteiger partial charge in [-0.1, -0.05) is 173 Å². The molecule has 298 valence electrons. The zero-order valence-electron chi connectivity index (χ0n) is 36.4. The predicted octanol–water partition coefficient (Wildman–Crippen LogP) is 15.3. The lowest BCUT2D eigenvalue weighted by atomic mass is 9.98. The second-order valence-electron chi connectivity index (χ2n) is 18.0. The number of anilines is 6. The van der Waals surface area contributed by atoms with Crippen molar-refractivity contribution >= 4 is 60.6 Å². The molecule has 0 unspecified atom stereocenters. The molecule has 2 nitrogen and oxygen atoms in total. The van der Waals surface area contributed by atoms with E-state index in [1.54, 1.807) is 0 Å². The lowest BCUT2D eigenvalue weighted by Gasteiger charge is -2.33. The fourth-order valence-electron chi connectivity index (χ4n) is 8.46. The SMILES string of the molecule is Cc1cc(-c2ccc(N(c3ccc(-c4ccccc4)cc3)c3ccccc3[Si](C)(C)C)c(C)c2)ccc1N(c1ccc(-c2ccccc2)cc1)c1ccccc1[Si](C)(C)C. The normalized spacial score (nSPS) is 11.7. The lowest BCUT2D eigenvalue weighted by molar-refractivity contribution is 1.25. The minimum absolute atomic E-state index is 1.16. The van der Waals surface area contributed by atoms with Crippen LogP contribution in [0.15, 0.2) is 194 Å². The Balaban J connectivity index is 1.19. The molecule has 0 N–H and O–H groups in total. The summed E-state index contributed by atoms with van der Waals surface area (Å²) < 4.78 is 0. The van der Waals surface area contributed by atoms with E-state index in [1.165, 1.54) is 77.6 Å². The summed E-state index contributed by atoms with van der Waals surface area (Å²) in [6.45, 7) is 19.2.